The van der Waals surface area contributed by atoms with E-state index in [4.69, 9.17) is 0 Å². The van der Waals surface area contributed by atoms with Crippen LogP contribution in [0.25, 0.3) is 0 Å². The van der Waals surface area contributed by atoms with Crippen LogP contribution >= 0.6 is 0 Å². The van der Waals surface area contributed by atoms with Crippen molar-refractivity contribution < 1.29 is 18.4 Å². The molecule has 1 aromatic heterocycles. The monoisotopic (exact) mass is 291 g/mol. The molecule has 1 heterocycles. The van der Waals surface area contributed by atoms with E-state index in [-0.39, 0.29) is 12.1 Å². The second-order valence-electron chi connectivity index (χ2n) is 4.09. The van der Waals surface area contributed by atoms with Gasteiger partial charge in [-0.25, -0.2) is 8.78 Å². The highest BCUT2D eigenvalue weighted by molar-refractivity contribution is 5.99. The standard InChI is InChI=1S/C14H11F2N3O2/c15-9-1-2-11(12(16)7-9)14(21)18-8-13(20)19-10-3-5-17-6-4-10/h1-7H,8H2,(H,18,21)(H,17,19,20). The number of rotatable bonds is 4. The second kappa shape index (κ2) is 6.56. The lowest BCUT2D eigenvalue weighted by Crippen LogP contribution is -2.33. The van der Waals surface area contributed by atoms with Gasteiger partial charge in [-0.2, -0.15) is 0 Å². The number of nitrogens with one attached hydrogen (secondary N) is 2. The van der Waals surface area contributed by atoms with Crippen LogP contribution in [0.15, 0.2) is 42.7 Å². The number of hydrogen-bond donors (Lipinski definition) is 2. The lowest BCUT2D eigenvalue weighted by Gasteiger charge is -2.07. The summed E-state index contributed by atoms with van der Waals surface area (Å²) in [4.78, 5) is 27.0. The summed E-state index contributed by atoms with van der Waals surface area (Å²) in [6.45, 7) is -0.335. The van der Waals surface area contributed by atoms with Gasteiger partial charge in [-0.15, -0.1) is 0 Å². The molecule has 2 aromatic rings. The van der Waals surface area contributed by atoms with E-state index in [1.54, 1.807) is 12.1 Å². The zero-order chi connectivity index (χ0) is 15.2. The number of carbonyl (C=O) groups excluding carboxylic acids is 2. The van der Waals surface area contributed by atoms with Gasteiger partial charge >= 0.3 is 0 Å². The van der Waals surface area contributed by atoms with Gasteiger partial charge in [0.15, 0.2) is 0 Å². The molecular formula is C14H11F2N3O2. The van der Waals surface area contributed by atoms with Crippen LogP contribution in [0.4, 0.5) is 14.5 Å². The van der Waals surface area contributed by atoms with Gasteiger partial charge in [0.05, 0.1) is 12.1 Å². The first kappa shape index (κ1) is 14.6. The van der Waals surface area contributed by atoms with Crippen LogP contribution in [0.5, 0.6) is 0 Å². The number of anilines is 1. The highest BCUT2D eigenvalue weighted by Gasteiger charge is 2.13. The van der Waals surface area contributed by atoms with Gasteiger partial charge in [0.2, 0.25) is 5.91 Å². The third-order valence-electron chi connectivity index (χ3n) is 2.55. The minimum Gasteiger partial charge on any atom is -0.343 e. The minimum absolute atomic E-state index is 0.326. The van der Waals surface area contributed by atoms with Gasteiger partial charge in [0.25, 0.3) is 5.91 Å². The maximum absolute atomic E-state index is 13.4. The van der Waals surface area contributed by atoms with Crippen LogP contribution in [0.3, 0.4) is 0 Å². The van der Waals surface area contributed by atoms with Crippen molar-refractivity contribution in [1.82, 2.24) is 10.3 Å². The third-order valence-corrected chi connectivity index (χ3v) is 2.55. The number of benzene rings is 1. The van der Waals surface area contributed by atoms with Gasteiger partial charge in [0.1, 0.15) is 11.6 Å². The summed E-state index contributed by atoms with van der Waals surface area (Å²) in [6, 6.07) is 5.75. The molecule has 0 aliphatic rings. The first-order chi connectivity index (χ1) is 10.1. The molecule has 0 radical (unpaired) electrons. The number of nitrogens with zero attached hydrogens (tertiary/aromatic N) is 1. The zero-order valence-corrected chi connectivity index (χ0v) is 10.8. The lowest BCUT2D eigenvalue weighted by atomic mass is 10.2. The quantitative estimate of drug-likeness (QED) is 0.901. The van der Waals surface area contributed by atoms with E-state index in [9.17, 15) is 18.4 Å². The van der Waals surface area contributed by atoms with E-state index >= 15 is 0 Å². The van der Waals surface area contributed by atoms with Crippen molar-refractivity contribution in [1.29, 1.82) is 0 Å². The molecule has 2 N–H and O–H groups in total. The maximum Gasteiger partial charge on any atom is 0.254 e. The number of aromatic nitrogens is 1. The lowest BCUT2D eigenvalue weighted by molar-refractivity contribution is -0.115. The van der Waals surface area contributed by atoms with Crippen molar-refractivity contribution in [3.05, 3.63) is 59.9 Å². The van der Waals surface area contributed by atoms with E-state index in [1.165, 1.54) is 12.4 Å². The van der Waals surface area contributed by atoms with E-state index in [0.29, 0.717) is 11.8 Å². The third kappa shape index (κ3) is 4.07. The van der Waals surface area contributed by atoms with Gasteiger partial charge in [-0.1, -0.05) is 0 Å². The molecule has 108 valence electrons. The minimum atomic E-state index is -0.984. The zero-order valence-electron chi connectivity index (χ0n) is 10.8. The maximum atomic E-state index is 13.4. The summed E-state index contributed by atoms with van der Waals surface area (Å²) in [7, 11) is 0. The van der Waals surface area contributed by atoms with Crippen molar-refractivity contribution in [3.63, 3.8) is 0 Å². The molecule has 0 saturated heterocycles. The molecule has 0 bridgehead atoms. The van der Waals surface area contributed by atoms with Crippen molar-refractivity contribution in [2.75, 3.05) is 11.9 Å². The molecule has 0 fully saturated rings. The summed E-state index contributed by atoms with van der Waals surface area (Å²) >= 11 is 0. The molecule has 2 rings (SSSR count). The molecule has 0 unspecified atom stereocenters. The van der Waals surface area contributed by atoms with Gasteiger partial charge in [-0.05, 0) is 24.3 Å². The molecule has 7 heteroatoms. The highest BCUT2D eigenvalue weighted by atomic mass is 19.1. The SMILES string of the molecule is O=C(CNC(=O)c1ccc(F)cc1F)Nc1ccncc1. The van der Waals surface area contributed by atoms with Crippen molar-refractivity contribution in [2.45, 2.75) is 0 Å². The molecule has 0 aliphatic heterocycles. The molecule has 21 heavy (non-hydrogen) atoms. The first-order valence-electron chi connectivity index (χ1n) is 5.99. The Morgan fingerprint density at radius 3 is 2.48 bits per heavy atom. The van der Waals surface area contributed by atoms with Crippen molar-refractivity contribution in [3.8, 4) is 0 Å². The normalized spacial score (nSPS) is 10.0. The molecule has 5 nitrogen and oxygen atoms in total. The van der Waals surface area contributed by atoms with Crippen LogP contribution in [0.2, 0.25) is 0 Å². The molecule has 0 atom stereocenters. The van der Waals surface area contributed by atoms with E-state index < -0.39 is 23.4 Å². The molecule has 0 aliphatic carbocycles. The van der Waals surface area contributed by atoms with Crippen LogP contribution < -0.4 is 10.6 Å². The highest BCUT2D eigenvalue weighted by Crippen LogP contribution is 2.09. The van der Waals surface area contributed by atoms with Crippen LogP contribution in [0, 0.1) is 11.6 Å². The average Bonchev–Trinajstić information content (AvgIpc) is 2.46. The van der Waals surface area contributed by atoms with Crippen molar-refractivity contribution in [2.24, 2.45) is 0 Å². The molecular weight excluding hydrogens is 280 g/mol. The van der Waals surface area contributed by atoms with E-state index in [0.717, 1.165) is 12.1 Å². The summed E-state index contributed by atoms with van der Waals surface area (Å²) in [6.07, 6.45) is 3.00. The Morgan fingerprint density at radius 2 is 1.81 bits per heavy atom. The topological polar surface area (TPSA) is 71.1 Å². The number of carbonyl (C=O) groups is 2. The molecule has 0 spiro atoms. The van der Waals surface area contributed by atoms with E-state index in [1.807, 2.05) is 0 Å². The van der Waals surface area contributed by atoms with Gasteiger partial charge in [-0.3, -0.25) is 14.6 Å². The van der Waals surface area contributed by atoms with Crippen LogP contribution in [-0.4, -0.2) is 23.3 Å². The van der Waals surface area contributed by atoms with Gasteiger partial charge in [0, 0.05) is 24.1 Å². The summed E-state index contributed by atoms with van der Waals surface area (Å²) in [5, 5.41) is 4.78. The Labute approximate surface area is 119 Å². The van der Waals surface area contributed by atoms with Crippen LogP contribution in [-0.2, 0) is 4.79 Å². The Kier molecular flexibility index (Phi) is 4.55. The Balaban J connectivity index is 1.90. The average molecular weight is 291 g/mol. The molecule has 0 saturated carbocycles. The fourth-order valence-corrected chi connectivity index (χ4v) is 1.57. The Bertz CT molecular complexity index is 663. The first-order valence-corrected chi connectivity index (χ1v) is 5.99. The summed E-state index contributed by atoms with van der Waals surface area (Å²) in [5.74, 6) is -3.03. The fraction of sp³-hybridized carbons (Fsp3) is 0.0714. The molecule has 1 aromatic carbocycles. The summed E-state index contributed by atoms with van der Waals surface area (Å²) in [5.41, 5.74) is 0.199. The van der Waals surface area contributed by atoms with E-state index in [2.05, 4.69) is 15.6 Å². The number of amides is 2. The smallest absolute Gasteiger partial charge is 0.254 e. The molecule has 2 amide bonds. The summed E-state index contributed by atoms with van der Waals surface area (Å²) < 4.78 is 26.1. The van der Waals surface area contributed by atoms with Crippen molar-refractivity contribution >= 4 is 17.5 Å². The van der Waals surface area contributed by atoms with Crippen LogP contribution in [0.1, 0.15) is 10.4 Å². The Hall–Kier alpha value is -2.83. The Morgan fingerprint density at radius 1 is 1.10 bits per heavy atom. The number of halogens is 2. The van der Waals surface area contributed by atoms with Gasteiger partial charge < -0.3 is 10.6 Å². The predicted octanol–water partition coefficient (Wildman–Crippen LogP) is 1.73. The number of hydrogen-bond acceptors (Lipinski definition) is 3. The largest absolute Gasteiger partial charge is 0.343 e. The number of pyridine rings is 1. The fourth-order valence-electron chi connectivity index (χ4n) is 1.57. The second-order valence-corrected chi connectivity index (χ2v) is 4.09. The predicted molar refractivity (Wildman–Crippen MR) is 71.6 cm³/mol.